The molecule has 2 fully saturated rings. The van der Waals surface area contributed by atoms with E-state index in [1.165, 1.54) is 12.8 Å². The maximum absolute atomic E-state index is 6.50. The largest absolute Gasteiger partial charge is 0.453 e. The lowest BCUT2D eigenvalue weighted by Crippen LogP contribution is -2.15. The molecular formula is C24H25N5O2. The Bertz CT molecular complexity index is 1230. The first-order valence-corrected chi connectivity index (χ1v) is 11.0. The molecule has 3 aromatic heterocycles. The minimum absolute atomic E-state index is 0.383. The standard InChI is InChI=1S/C24H25N5O2/c1-28-14-18(13-26-28)17-2-5-20-21(12-17)25-9-6-22(20)31-23-15-29(19-3-4-19)27-24(23)16-7-10-30-11-8-16/h2,5-6,9,12-16,19H,3-4,7-8,10-11H2,1H3. The van der Waals surface area contributed by atoms with Crippen molar-refractivity contribution in [3.8, 4) is 22.6 Å². The molecule has 0 bridgehead atoms. The fourth-order valence-electron chi connectivity index (χ4n) is 4.33. The highest BCUT2D eigenvalue weighted by atomic mass is 16.5. The number of rotatable bonds is 5. The van der Waals surface area contributed by atoms with Crippen molar-refractivity contribution in [1.82, 2.24) is 24.5 Å². The van der Waals surface area contributed by atoms with Crippen LogP contribution in [0.25, 0.3) is 22.0 Å². The first-order chi connectivity index (χ1) is 15.2. The van der Waals surface area contributed by atoms with Gasteiger partial charge < -0.3 is 9.47 Å². The molecule has 0 amide bonds. The van der Waals surface area contributed by atoms with Gasteiger partial charge in [-0.25, -0.2) is 0 Å². The molecule has 1 saturated carbocycles. The molecule has 6 rings (SSSR count). The first-order valence-electron chi connectivity index (χ1n) is 11.0. The van der Waals surface area contributed by atoms with Crippen LogP contribution in [0, 0.1) is 0 Å². The van der Waals surface area contributed by atoms with Crippen molar-refractivity contribution >= 4 is 10.9 Å². The maximum Gasteiger partial charge on any atom is 0.168 e. The van der Waals surface area contributed by atoms with E-state index in [0.29, 0.717) is 12.0 Å². The van der Waals surface area contributed by atoms with Gasteiger partial charge in [-0.3, -0.25) is 14.3 Å². The van der Waals surface area contributed by atoms with Crippen molar-refractivity contribution < 1.29 is 9.47 Å². The van der Waals surface area contributed by atoms with Crippen LogP contribution in [0.1, 0.15) is 43.3 Å². The smallest absolute Gasteiger partial charge is 0.168 e. The van der Waals surface area contributed by atoms with Gasteiger partial charge in [0, 0.05) is 49.5 Å². The van der Waals surface area contributed by atoms with Crippen LogP contribution >= 0.6 is 0 Å². The summed E-state index contributed by atoms with van der Waals surface area (Å²) in [5.41, 5.74) is 4.13. The zero-order valence-electron chi connectivity index (χ0n) is 17.6. The van der Waals surface area contributed by atoms with E-state index in [-0.39, 0.29) is 0 Å². The van der Waals surface area contributed by atoms with Crippen LogP contribution in [0.5, 0.6) is 11.5 Å². The molecule has 31 heavy (non-hydrogen) atoms. The average molecular weight is 415 g/mol. The van der Waals surface area contributed by atoms with Crippen LogP contribution in [0.15, 0.2) is 49.1 Å². The quantitative estimate of drug-likeness (QED) is 0.466. The number of hydrogen-bond acceptors (Lipinski definition) is 5. The maximum atomic E-state index is 6.50. The fraction of sp³-hybridized carbons (Fsp3) is 0.375. The van der Waals surface area contributed by atoms with Crippen LogP contribution < -0.4 is 4.74 Å². The highest BCUT2D eigenvalue weighted by Gasteiger charge is 2.30. The summed E-state index contributed by atoms with van der Waals surface area (Å²) in [6, 6.07) is 8.73. The molecule has 4 aromatic rings. The van der Waals surface area contributed by atoms with Crippen molar-refractivity contribution in [3.05, 3.63) is 54.7 Å². The third kappa shape index (κ3) is 3.59. The lowest BCUT2D eigenvalue weighted by Gasteiger charge is -2.21. The van der Waals surface area contributed by atoms with Crippen LogP contribution in [0.4, 0.5) is 0 Å². The number of aromatic nitrogens is 5. The van der Waals surface area contributed by atoms with E-state index in [2.05, 4.69) is 39.2 Å². The summed E-state index contributed by atoms with van der Waals surface area (Å²) in [7, 11) is 1.92. The number of nitrogens with zero attached hydrogens (tertiary/aromatic N) is 5. The Morgan fingerprint density at radius 2 is 1.87 bits per heavy atom. The molecule has 0 radical (unpaired) electrons. The number of pyridine rings is 1. The van der Waals surface area contributed by atoms with E-state index in [4.69, 9.17) is 14.6 Å². The second-order valence-electron chi connectivity index (χ2n) is 8.52. The molecule has 4 heterocycles. The fourth-order valence-corrected chi connectivity index (χ4v) is 4.33. The highest BCUT2D eigenvalue weighted by Crippen LogP contribution is 2.41. The molecule has 0 spiro atoms. The van der Waals surface area contributed by atoms with Gasteiger partial charge in [0.05, 0.1) is 24.0 Å². The van der Waals surface area contributed by atoms with Gasteiger partial charge in [-0.1, -0.05) is 6.07 Å². The van der Waals surface area contributed by atoms with E-state index in [1.807, 2.05) is 36.4 Å². The van der Waals surface area contributed by atoms with E-state index in [9.17, 15) is 0 Å². The monoisotopic (exact) mass is 415 g/mol. The molecule has 158 valence electrons. The number of aryl methyl sites for hydroxylation is 1. The second kappa shape index (κ2) is 7.50. The van der Waals surface area contributed by atoms with Crippen molar-refractivity contribution in [3.63, 3.8) is 0 Å². The summed E-state index contributed by atoms with van der Waals surface area (Å²) in [5, 5.41) is 10.2. The zero-order valence-corrected chi connectivity index (χ0v) is 17.6. The van der Waals surface area contributed by atoms with E-state index >= 15 is 0 Å². The van der Waals surface area contributed by atoms with Gasteiger partial charge in [0.25, 0.3) is 0 Å². The van der Waals surface area contributed by atoms with Crippen molar-refractivity contribution in [2.24, 2.45) is 7.05 Å². The van der Waals surface area contributed by atoms with Gasteiger partial charge in [-0.15, -0.1) is 0 Å². The van der Waals surface area contributed by atoms with Crippen molar-refractivity contribution in [2.75, 3.05) is 13.2 Å². The molecular weight excluding hydrogens is 390 g/mol. The molecule has 7 heteroatoms. The summed E-state index contributed by atoms with van der Waals surface area (Å²) in [5.74, 6) is 2.06. The normalized spacial score (nSPS) is 17.3. The molecule has 1 aromatic carbocycles. The molecule has 0 N–H and O–H groups in total. The summed E-state index contributed by atoms with van der Waals surface area (Å²) >= 11 is 0. The Labute approximate surface area is 180 Å². The Hall–Kier alpha value is -3.19. The SMILES string of the molecule is Cn1cc(-c2ccc3c(Oc4cn(C5CC5)nc4C4CCOCC4)ccnc3c2)cn1. The third-order valence-electron chi connectivity index (χ3n) is 6.22. The third-order valence-corrected chi connectivity index (χ3v) is 6.22. The van der Waals surface area contributed by atoms with Crippen LogP contribution in [0.3, 0.4) is 0 Å². The summed E-state index contributed by atoms with van der Waals surface area (Å²) in [4.78, 5) is 4.59. The predicted octanol–water partition coefficient (Wildman–Crippen LogP) is 4.85. The Morgan fingerprint density at radius 1 is 1.00 bits per heavy atom. The van der Waals surface area contributed by atoms with E-state index in [1.54, 1.807) is 0 Å². The molecule has 1 aliphatic heterocycles. The summed E-state index contributed by atoms with van der Waals surface area (Å²) in [6.07, 6.45) is 12.1. The average Bonchev–Trinajstić information content (AvgIpc) is 3.43. The molecule has 1 saturated heterocycles. The van der Waals surface area contributed by atoms with Crippen LogP contribution in [0.2, 0.25) is 0 Å². The number of fused-ring (bicyclic) bond motifs is 1. The zero-order chi connectivity index (χ0) is 20.8. The molecule has 0 atom stereocenters. The van der Waals surface area contributed by atoms with Gasteiger partial charge >= 0.3 is 0 Å². The Kier molecular flexibility index (Phi) is 4.49. The van der Waals surface area contributed by atoms with Gasteiger partial charge in [0.15, 0.2) is 5.75 Å². The number of hydrogen-bond donors (Lipinski definition) is 0. The van der Waals surface area contributed by atoms with Crippen LogP contribution in [-0.2, 0) is 11.8 Å². The van der Waals surface area contributed by atoms with E-state index < -0.39 is 0 Å². The van der Waals surface area contributed by atoms with Gasteiger partial charge in [0.2, 0.25) is 0 Å². The molecule has 2 aliphatic rings. The number of ether oxygens (including phenoxy) is 2. The van der Waals surface area contributed by atoms with Gasteiger partial charge in [0.1, 0.15) is 11.4 Å². The summed E-state index contributed by atoms with van der Waals surface area (Å²) < 4.78 is 16.0. The molecule has 0 unspecified atom stereocenters. The lowest BCUT2D eigenvalue weighted by molar-refractivity contribution is 0.0839. The highest BCUT2D eigenvalue weighted by molar-refractivity contribution is 5.89. The van der Waals surface area contributed by atoms with E-state index in [0.717, 1.165) is 65.3 Å². The predicted molar refractivity (Wildman–Crippen MR) is 117 cm³/mol. The lowest BCUT2D eigenvalue weighted by atomic mass is 9.96. The van der Waals surface area contributed by atoms with Gasteiger partial charge in [-0.05, 0) is 49.4 Å². The summed E-state index contributed by atoms with van der Waals surface area (Å²) in [6.45, 7) is 1.57. The Morgan fingerprint density at radius 3 is 2.65 bits per heavy atom. The molecule has 7 nitrogen and oxygen atoms in total. The van der Waals surface area contributed by atoms with Crippen molar-refractivity contribution in [1.29, 1.82) is 0 Å². The first kappa shape index (κ1) is 18.6. The van der Waals surface area contributed by atoms with Gasteiger partial charge in [-0.2, -0.15) is 10.2 Å². The Balaban J connectivity index is 1.36. The minimum Gasteiger partial charge on any atom is -0.453 e. The molecule has 1 aliphatic carbocycles. The topological polar surface area (TPSA) is 67.0 Å². The second-order valence-corrected chi connectivity index (χ2v) is 8.52. The number of benzene rings is 1. The minimum atomic E-state index is 0.383. The van der Waals surface area contributed by atoms with Crippen molar-refractivity contribution in [2.45, 2.75) is 37.6 Å². The van der Waals surface area contributed by atoms with Crippen LogP contribution in [-0.4, -0.2) is 37.8 Å².